The van der Waals surface area contributed by atoms with Crippen LogP contribution in [0.15, 0.2) is 60.7 Å². The largest absolute Gasteiger partial charge is 0.490 e. The Kier molecular flexibility index (Phi) is 14.7. The highest BCUT2D eigenvalue weighted by Crippen LogP contribution is 2.13. The molecule has 0 radical (unpaired) electrons. The highest BCUT2D eigenvalue weighted by molar-refractivity contribution is 5.89. The Labute approximate surface area is 221 Å². The summed E-state index contributed by atoms with van der Waals surface area (Å²) in [5, 5.41) is 10.1. The molecular formula is C27H37F3N4O4. The van der Waals surface area contributed by atoms with Gasteiger partial charge in [-0.25, -0.2) is 4.79 Å². The predicted octanol–water partition coefficient (Wildman–Crippen LogP) is 2.89. The van der Waals surface area contributed by atoms with Gasteiger partial charge in [0.1, 0.15) is 6.04 Å². The Morgan fingerprint density at radius 3 is 1.89 bits per heavy atom. The molecule has 0 saturated heterocycles. The first-order chi connectivity index (χ1) is 18.0. The number of nitrogens with zero attached hydrogens (tertiary/aromatic N) is 1. The summed E-state index contributed by atoms with van der Waals surface area (Å²) < 4.78 is 31.7. The maximum atomic E-state index is 12.9. The summed E-state index contributed by atoms with van der Waals surface area (Å²) in [5.41, 5.74) is 14.2. The number of carbonyl (C=O) groups is 3. The molecule has 0 spiro atoms. The van der Waals surface area contributed by atoms with Gasteiger partial charge in [0.05, 0.1) is 6.04 Å². The second-order valence-electron chi connectivity index (χ2n) is 8.71. The van der Waals surface area contributed by atoms with Gasteiger partial charge in [0, 0.05) is 13.6 Å². The lowest BCUT2D eigenvalue weighted by Gasteiger charge is -2.29. The van der Waals surface area contributed by atoms with Crippen LogP contribution in [0.25, 0.3) is 0 Å². The third-order valence-electron chi connectivity index (χ3n) is 5.73. The Balaban J connectivity index is 0.000000905. The van der Waals surface area contributed by atoms with Crippen LogP contribution in [-0.4, -0.2) is 66.2 Å². The van der Waals surface area contributed by atoms with Gasteiger partial charge in [0.15, 0.2) is 0 Å². The number of benzene rings is 2. The van der Waals surface area contributed by atoms with Crippen molar-refractivity contribution in [2.75, 3.05) is 20.1 Å². The van der Waals surface area contributed by atoms with Crippen LogP contribution in [0.1, 0.15) is 36.8 Å². The van der Waals surface area contributed by atoms with E-state index in [4.69, 9.17) is 21.4 Å². The minimum absolute atomic E-state index is 0.146. The monoisotopic (exact) mass is 538 g/mol. The van der Waals surface area contributed by atoms with Crippen molar-refractivity contribution in [1.82, 2.24) is 10.2 Å². The van der Waals surface area contributed by atoms with Crippen molar-refractivity contribution in [3.63, 3.8) is 0 Å². The molecule has 0 aliphatic carbocycles. The number of nitrogens with one attached hydrogen (secondary N) is 1. The SMILES string of the molecule is CN(C(=O)[C@@H](N)CCc1ccccc1)[C@@H](CCCN)C(=O)NCCCc1ccccc1.O=C(O)C(F)(F)F. The molecule has 2 aromatic carbocycles. The van der Waals surface area contributed by atoms with Crippen molar-refractivity contribution in [3.05, 3.63) is 71.8 Å². The molecule has 0 unspecified atom stereocenters. The summed E-state index contributed by atoms with van der Waals surface area (Å²) in [6, 6.07) is 18.9. The standard InChI is InChI=1S/C25H36N4O2.C2HF3O2/c1-29(25(31)22(27)17-16-21-12-6-3-7-13-21)23(15-8-18-26)24(30)28-19-9-14-20-10-4-2-5-11-20;3-2(4,5)1(6)7/h2-7,10-13,22-23H,8-9,14-19,26-27H2,1H3,(H,28,30);(H,6,7)/t22-,23-;/m0./s1. The van der Waals surface area contributed by atoms with Gasteiger partial charge < -0.3 is 26.8 Å². The summed E-state index contributed by atoms with van der Waals surface area (Å²) in [6.07, 6.45) is -0.898. The van der Waals surface area contributed by atoms with Crippen LogP contribution >= 0.6 is 0 Å². The molecule has 2 aromatic rings. The summed E-state index contributed by atoms with van der Waals surface area (Å²) in [7, 11) is 1.66. The quantitative estimate of drug-likeness (QED) is 0.289. The van der Waals surface area contributed by atoms with Gasteiger partial charge in [0.2, 0.25) is 11.8 Å². The second kappa shape index (κ2) is 17.1. The lowest BCUT2D eigenvalue weighted by molar-refractivity contribution is -0.192. The molecule has 38 heavy (non-hydrogen) atoms. The van der Waals surface area contributed by atoms with E-state index in [0.717, 1.165) is 24.8 Å². The van der Waals surface area contributed by atoms with E-state index in [1.165, 1.54) is 10.5 Å². The third-order valence-corrected chi connectivity index (χ3v) is 5.73. The van der Waals surface area contributed by atoms with Gasteiger partial charge in [-0.05, 0) is 56.2 Å². The Bertz CT molecular complexity index is 975. The molecule has 0 fully saturated rings. The van der Waals surface area contributed by atoms with Gasteiger partial charge in [0.25, 0.3) is 0 Å². The molecular weight excluding hydrogens is 501 g/mol. The fourth-order valence-corrected chi connectivity index (χ4v) is 3.58. The highest BCUT2D eigenvalue weighted by atomic mass is 19.4. The zero-order valence-electron chi connectivity index (χ0n) is 21.5. The zero-order chi connectivity index (χ0) is 28.6. The number of carboxylic acids is 1. The maximum absolute atomic E-state index is 12.9. The molecule has 0 aliphatic rings. The molecule has 0 bridgehead atoms. The number of hydrogen-bond acceptors (Lipinski definition) is 5. The molecule has 0 saturated carbocycles. The van der Waals surface area contributed by atoms with Gasteiger partial charge >= 0.3 is 12.1 Å². The average molecular weight is 539 g/mol. The summed E-state index contributed by atoms with van der Waals surface area (Å²) in [5.74, 6) is -3.11. The van der Waals surface area contributed by atoms with E-state index in [1.54, 1.807) is 7.05 Å². The van der Waals surface area contributed by atoms with Crippen LogP contribution in [0.3, 0.4) is 0 Å². The number of hydrogen-bond donors (Lipinski definition) is 4. The third kappa shape index (κ3) is 12.7. The van der Waals surface area contributed by atoms with E-state index >= 15 is 0 Å². The molecule has 6 N–H and O–H groups in total. The first-order valence-corrected chi connectivity index (χ1v) is 12.3. The fourth-order valence-electron chi connectivity index (χ4n) is 3.58. The second-order valence-corrected chi connectivity index (χ2v) is 8.71. The number of alkyl halides is 3. The van der Waals surface area contributed by atoms with Gasteiger partial charge in [-0.2, -0.15) is 13.2 Å². The lowest BCUT2D eigenvalue weighted by Crippen LogP contribution is -2.52. The Morgan fingerprint density at radius 1 is 0.921 bits per heavy atom. The van der Waals surface area contributed by atoms with Crippen molar-refractivity contribution >= 4 is 17.8 Å². The molecule has 0 heterocycles. The van der Waals surface area contributed by atoms with Crippen LogP contribution in [0, 0.1) is 0 Å². The normalized spacial score (nSPS) is 12.5. The Morgan fingerprint density at radius 2 is 1.42 bits per heavy atom. The molecule has 11 heteroatoms. The maximum Gasteiger partial charge on any atom is 0.490 e. The number of carbonyl (C=O) groups excluding carboxylic acids is 2. The average Bonchev–Trinajstić information content (AvgIpc) is 2.90. The number of halogens is 3. The molecule has 0 aliphatic heterocycles. The smallest absolute Gasteiger partial charge is 0.475 e. The van der Waals surface area contributed by atoms with Gasteiger partial charge in [-0.15, -0.1) is 0 Å². The van der Waals surface area contributed by atoms with E-state index in [2.05, 4.69) is 17.4 Å². The number of amides is 2. The molecule has 2 amide bonds. The number of carboxylic acid groups (broad SMARTS) is 1. The summed E-state index contributed by atoms with van der Waals surface area (Å²) in [4.78, 5) is 36.1. The molecule has 2 rings (SSSR count). The molecule has 2 atom stereocenters. The minimum atomic E-state index is -5.08. The van der Waals surface area contributed by atoms with Crippen molar-refractivity contribution in [2.24, 2.45) is 11.5 Å². The zero-order valence-corrected chi connectivity index (χ0v) is 21.5. The predicted molar refractivity (Wildman–Crippen MR) is 139 cm³/mol. The first kappa shape index (κ1) is 32.6. The van der Waals surface area contributed by atoms with Crippen molar-refractivity contribution in [1.29, 1.82) is 0 Å². The number of aryl methyl sites for hydroxylation is 2. The van der Waals surface area contributed by atoms with Crippen LogP contribution in [0.2, 0.25) is 0 Å². The van der Waals surface area contributed by atoms with Crippen molar-refractivity contribution < 1.29 is 32.7 Å². The van der Waals surface area contributed by atoms with E-state index in [9.17, 15) is 22.8 Å². The number of likely N-dealkylation sites (N-methyl/N-ethyl adjacent to an activating group) is 1. The number of nitrogens with two attached hydrogens (primary N) is 2. The summed E-state index contributed by atoms with van der Waals surface area (Å²) in [6.45, 7) is 1.04. The van der Waals surface area contributed by atoms with Gasteiger partial charge in [-0.1, -0.05) is 60.7 Å². The molecule has 210 valence electrons. The fraction of sp³-hybridized carbons (Fsp3) is 0.444. The Hall–Kier alpha value is -3.44. The lowest BCUT2D eigenvalue weighted by atomic mass is 10.0. The van der Waals surface area contributed by atoms with E-state index in [1.807, 2.05) is 48.5 Å². The van der Waals surface area contributed by atoms with Crippen LogP contribution in [0.4, 0.5) is 13.2 Å². The molecule has 0 aromatic heterocycles. The van der Waals surface area contributed by atoms with Crippen LogP contribution in [0.5, 0.6) is 0 Å². The van der Waals surface area contributed by atoms with E-state index in [-0.39, 0.29) is 11.8 Å². The van der Waals surface area contributed by atoms with E-state index in [0.29, 0.717) is 32.4 Å². The molecule has 8 nitrogen and oxygen atoms in total. The van der Waals surface area contributed by atoms with E-state index < -0.39 is 24.2 Å². The number of aliphatic carboxylic acids is 1. The summed E-state index contributed by atoms with van der Waals surface area (Å²) >= 11 is 0. The van der Waals surface area contributed by atoms with Crippen LogP contribution < -0.4 is 16.8 Å². The van der Waals surface area contributed by atoms with Crippen molar-refractivity contribution in [2.45, 2.75) is 56.8 Å². The van der Waals surface area contributed by atoms with Crippen LogP contribution in [-0.2, 0) is 27.2 Å². The minimum Gasteiger partial charge on any atom is -0.475 e. The number of rotatable bonds is 13. The van der Waals surface area contributed by atoms with Crippen molar-refractivity contribution in [3.8, 4) is 0 Å². The van der Waals surface area contributed by atoms with Gasteiger partial charge in [-0.3, -0.25) is 9.59 Å². The highest BCUT2D eigenvalue weighted by Gasteiger charge is 2.38. The topological polar surface area (TPSA) is 139 Å². The first-order valence-electron chi connectivity index (χ1n) is 12.3.